The summed E-state index contributed by atoms with van der Waals surface area (Å²) in [5.74, 6) is 0.912. The predicted molar refractivity (Wildman–Crippen MR) is 87.4 cm³/mol. The van der Waals surface area contributed by atoms with Crippen LogP contribution < -0.4 is 10.1 Å². The van der Waals surface area contributed by atoms with Crippen LogP contribution in [0.4, 0.5) is 0 Å². The van der Waals surface area contributed by atoms with Crippen molar-refractivity contribution < 1.29 is 4.74 Å². The topological polar surface area (TPSA) is 21.3 Å². The number of rotatable bonds is 5. The smallest absolute Gasteiger partial charge is 0.123 e. The Bertz CT molecular complexity index is 583. The average molecular weight is 334 g/mol. The van der Waals surface area contributed by atoms with Crippen LogP contribution in [0.15, 0.2) is 46.9 Å². The van der Waals surface area contributed by atoms with E-state index in [0.717, 1.165) is 22.3 Å². The van der Waals surface area contributed by atoms with Crippen molar-refractivity contribution in [2.24, 2.45) is 0 Å². The van der Waals surface area contributed by atoms with Gasteiger partial charge in [0.05, 0.1) is 13.2 Å². The summed E-state index contributed by atoms with van der Waals surface area (Å²) in [6, 6.07) is 14.8. The second-order valence-corrected chi connectivity index (χ2v) is 5.60. The van der Waals surface area contributed by atoms with E-state index in [1.807, 2.05) is 18.2 Å². The molecule has 106 valence electrons. The van der Waals surface area contributed by atoms with Gasteiger partial charge in [-0.25, -0.2) is 0 Å². The van der Waals surface area contributed by atoms with Gasteiger partial charge in [-0.05, 0) is 36.7 Å². The zero-order chi connectivity index (χ0) is 14.5. The minimum atomic E-state index is 0.132. The third-order valence-electron chi connectivity index (χ3n) is 3.39. The van der Waals surface area contributed by atoms with Crippen LogP contribution in [0.25, 0.3) is 0 Å². The van der Waals surface area contributed by atoms with E-state index in [0.29, 0.717) is 0 Å². The van der Waals surface area contributed by atoms with Crippen LogP contribution in [-0.4, -0.2) is 13.7 Å². The largest absolute Gasteiger partial charge is 0.496 e. The molecule has 0 amide bonds. The monoisotopic (exact) mass is 333 g/mol. The van der Waals surface area contributed by atoms with Gasteiger partial charge in [0, 0.05) is 10.0 Å². The second kappa shape index (κ2) is 6.91. The summed E-state index contributed by atoms with van der Waals surface area (Å²) in [6.45, 7) is 5.11. The molecule has 0 heterocycles. The molecule has 2 nitrogen and oxygen atoms in total. The standard InChI is InChI=1S/C17H20BrNO/c1-4-19-17(13-10-9-12(2)15(18)11-13)14-7-5-6-8-16(14)20-3/h5-11,17,19H,4H2,1-3H3. The Morgan fingerprint density at radius 3 is 2.60 bits per heavy atom. The molecule has 0 saturated carbocycles. The van der Waals surface area contributed by atoms with Gasteiger partial charge < -0.3 is 10.1 Å². The fourth-order valence-corrected chi connectivity index (χ4v) is 2.70. The van der Waals surface area contributed by atoms with Crippen LogP contribution in [0.3, 0.4) is 0 Å². The Kier molecular flexibility index (Phi) is 5.21. The molecule has 3 heteroatoms. The van der Waals surface area contributed by atoms with Crippen molar-refractivity contribution in [1.82, 2.24) is 5.32 Å². The van der Waals surface area contributed by atoms with Gasteiger partial charge in [0.25, 0.3) is 0 Å². The number of nitrogens with one attached hydrogen (secondary N) is 1. The van der Waals surface area contributed by atoms with Gasteiger partial charge >= 0.3 is 0 Å². The molecule has 1 atom stereocenters. The van der Waals surface area contributed by atoms with Crippen LogP contribution >= 0.6 is 15.9 Å². The molecule has 2 aromatic rings. The molecule has 1 unspecified atom stereocenters. The van der Waals surface area contributed by atoms with Crippen molar-refractivity contribution in [3.05, 3.63) is 63.6 Å². The van der Waals surface area contributed by atoms with E-state index >= 15 is 0 Å². The lowest BCUT2D eigenvalue weighted by molar-refractivity contribution is 0.404. The highest BCUT2D eigenvalue weighted by molar-refractivity contribution is 9.10. The fraction of sp³-hybridized carbons (Fsp3) is 0.294. The zero-order valence-corrected chi connectivity index (χ0v) is 13.7. The van der Waals surface area contributed by atoms with Crippen molar-refractivity contribution in [2.45, 2.75) is 19.9 Å². The van der Waals surface area contributed by atoms with Crippen LogP contribution in [-0.2, 0) is 0 Å². The summed E-state index contributed by atoms with van der Waals surface area (Å²) in [5, 5.41) is 3.54. The van der Waals surface area contributed by atoms with E-state index < -0.39 is 0 Å². The van der Waals surface area contributed by atoms with Gasteiger partial charge in [-0.1, -0.05) is 53.2 Å². The summed E-state index contributed by atoms with van der Waals surface area (Å²) in [4.78, 5) is 0. The van der Waals surface area contributed by atoms with Gasteiger partial charge in [0.1, 0.15) is 5.75 Å². The van der Waals surface area contributed by atoms with E-state index in [2.05, 4.69) is 59.4 Å². The molecule has 0 saturated heterocycles. The lowest BCUT2D eigenvalue weighted by Crippen LogP contribution is -2.22. The van der Waals surface area contributed by atoms with Crippen LogP contribution in [0.1, 0.15) is 29.7 Å². The molecule has 2 rings (SSSR count). The molecule has 1 N–H and O–H groups in total. The highest BCUT2D eigenvalue weighted by Gasteiger charge is 2.17. The molecule has 0 fully saturated rings. The van der Waals surface area contributed by atoms with Gasteiger partial charge in [-0.2, -0.15) is 0 Å². The average Bonchev–Trinajstić information content (AvgIpc) is 2.48. The van der Waals surface area contributed by atoms with Gasteiger partial charge in [0.2, 0.25) is 0 Å². The SMILES string of the molecule is CCNC(c1ccc(C)c(Br)c1)c1ccccc1OC. The highest BCUT2D eigenvalue weighted by atomic mass is 79.9. The number of para-hydroxylation sites is 1. The molecule has 0 aliphatic heterocycles. The molecule has 0 spiro atoms. The maximum Gasteiger partial charge on any atom is 0.123 e. The molecule has 2 aromatic carbocycles. The quantitative estimate of drug-likeness (QED) is 0.871. The highest BCUT2D eigenvalue weighted by Crippen LogP contribution is 2.31. The Morgan fingerprint density at radius 1 is 1.20 bits per heavy atom. The number of hydrogen-bond acceptors (Lipinski definition) is 2. The van der Waals surface area contributed by atoms with Crippen LogP contribution in [0.2, 0.25) is 0 Å². The van der Waals surface area contributed by atoms with E-state index in [4.69, 9.17) is 4.74 Å². The van der Waals surface area contributed by atoms with Crippen LogP contribution in [0.5, 0.6) is 5.75 Å². The Labute approximate surface area is 129 Å². The van der Waals surface area contributed by atoms with Crippen molar-refractivity contribution in [1.29, 1.82) is 0 Å². The normalized spacial score (nSPS) is 12.2. The minimum absolute atomic E-state index is 0.132. The molecule has 20 heavy (non-hydrogen) atoms. The van der Waals surface area contributed by atoms with E-state index in [9.17, 15) is 0 Å². The van der Waals surface area contributed by atoms with E-state index in [1.54, 1.807) is 7.11 Å². The van der Waals surface area contributed by atoms with E-state index in [1.165, 1.54) is 11.1 Å². The zero-order valence-electron chi connectivity index (χ0n) is 12.1. The minimum Gasteiger partial charge on any atom is -0.496 e. The number of benzene rings is 2. The Hall–Kier alpha value is -1.32. The third-order valence-corrected chi connectivity index (χ3v) is 4.24. The first kappa shape index (κ1) is 15.1. The van der Waals surface area contributed by atoms with Gasteiger partial charge in [-0.3, -0.25) is 0 Å². The molecular weight excluding hydrogens is 314 g/mol. The second-order valence-electron chi connectivity index (χ2n) is 4.74. The molecule has 0 aromatic heterocycles. The lowest BCUT2D eigenvalue weighted by atomic mass is 9.97. The molecule has 0 bridgehead atoms. The van der Waals surface area contributed by atoms with Crippen molar-refractivity contribution in [3.8, 4) is 5.75 Å². The Balaban J connectivity index is 2.47. The molecule has 0 aliphatic rings. The van der Waals surface area contributed by atoms with Gasteiger partial charge in [0.15, 0.2) is 0 Å². The first-order valence-corrected chi connectivity index (χ1v) is 7.59. The number of ether oxygens (including phenoxy) is 1. The number of halogens is 1. The molecule has 0 radical (unpaired) electrons. The predicted octanol–water partition coefficient (Wildman–Crippen LogP) is 4.47. The Morgan fingerprint density at radius 2 is 1.95 bits per heavy atom. The summed E-state index contributed by atoms with van der Waals surface area (Å²) in [7, 11) is 1.72. The summed E-state index contributed by atoms with van der Waals surface area (Å²) in [5.41, 5.74) is 3.63. The maximum absolute atomic E-state index is 5.50. The lowest BCUT2D eigenvalue weighted by Gasteiger charge is -2.21. The third kappa shape index (κ3) is 3.22. The van der Waals surface area contributed by atoms with Crippen LogP contribution in [0, 0.1) is 6.92 Å². The summed E-state index contributed by atoms with van der Waals surface area (Å²) < 4.78 is 6.63. The van der Waals surface area contributed by atoms with E-state index in [-0.39, 0.29) is 6.04 Å². The molecule has 0 aliphatic carbocycles. The fourth-order valence-electron chi connectivity index (χ4n) is 2.31. The number of hydrogen-bond donors (Lipinski definition) is 1. The van der Waals surface area contributed by atoms with Crippen molar-refractivity contribution in [3.63, 3.8) is 0 Å². The van der Waals surface area contributed by atoms with Crippen molar-refractivity contribution >= 4 is 15.9 Å². The first-order valence-electron chi connectivity index (χ1n) is 6.79. The van der Waals surface area contributed by atoms with Crippen molar-refractivity contribution in [2.75, 3.05) is 13.7 Å². The first-order chi connectivity index (χ1) is 9.67. The molecular formula is C17H20BrNO. The number of methoxy groups -OCH3 is 1. The maximum atomic E-state index is 5.50. The number of aryl methyl sites for hydroxylation is 1. The summed E-state index contributed by atoms with van der Waals surface area (Å²) in [6.07, 6.45) is 0. The summed E-state index contributed by atoms with van der Waals surface area (Å²) >= 11 is 3.61. The van der Waals surface area contributed by atoms with Gasteiger partial charge in [-0.15, -0.1) is 0 Å².